The van der Waals surface area contributed by atoms with Gasteiger partial charge >= 0.3 is 0 Å². The first kappa shape index (κ1) is 15.0. The van der Waals surface area contributed by atoms with Crippen molar-refractivity contribution in [2.45, 2.75) is 19.4 Å². The molecule has 17 heavy (non-hydrogen) atoms. The second-order valence-electron chi connectivity index (χ2n) is 4.06. The second kappa shape index (κ2) is 7.36. The quantitative estimate of drug-likeness (QED) is 0.836. The summed E-state index contributed by atoms with van der Waals surface area (Å²) in [5.74, 6) is 0.895. The molecule has 1 saturated carbocycles. The van der Waals surface area contributed by atoms with Gasteiger partial charge in [-0.15, -0.1) is 23.7 Å². The van der Waals surface area contributed by atoms with Crippen LogP contribution in [-0.4, -0.2) is 19.0 Å². The molecule has 0 atom stereocenters. The van der Waals surface area contributed by atoms with Crippen molar-refractivity contribution in [2.75, 3.05) is 13.1 Å². The zero-order valence-corrected chi connectivity index (χ0v) is 12.6. The molecule has 0 saturated heterocycles. The maximum absolute atomic E-state index is 11.4. The van der Waals surface area contributed by atoms with E-state index >= 15 is 0 Å². The van der Waals surface area contributed by atoms with E-state index in [1.165, 1.54) is 17.7 Å². The molecule has 2 rings (SSSR count). The topological polar surface area (TPSA) is 41.1 Å². The Morgan fingerprint density at radius 3 is 2.82 bits per heavy atom. The van der Waals surface area contributed by atoms with Crippen LogP contribution in [-0.2, 0) is 11.3 Å². The minimum absolute atomic E-state index is 0. The SMILES string of the molecule is Cl.O=C(CNCC1CC1)NCc1ccc(Br)s1. The molecular weight excluding hydrogens is 324 g/mol. The molecule has 0 spiro atoms. The van der Waals surface area contributed by atoms with Crippen molar-refractivity contribution >= 4 is 45.6 Å². The minimum atomic E-state index is 0. The summed E-state index contributed by atoms with van der Waals surface area (Å²) >= 11 is 5.05. The van der Waals surface area contributed by atoms with Gasteiger partial charge < -0.3 is 10.6 Å². The Bertz CT molecular complexity index is 368. The number of rotatable bonds is 6. The summed E-state index contributed by atoms with van der Waals surface area (Å²) in [6.45, 7) is 2.04. The summed E-state index contributed by atoms with van der Waals surface area (Å²) in [4.78, 5) is 12.6. The molecule has 1 aliphatic rings. The first-order chi connectivity index (χ1) is 7.74. The van der Waals surface area contributed by atoms with Gasteiger partial charge in [0, 0.05) is 4.88 Å². The van der Waals surface area contributed by atoms with Crippen LogP contribution in [0, 0.1) is 5.92 Å². The van der Waals surface area contributed by atoms with Gasteiger partial charge in [-0.3, -0.25) is 4.79 Å². The summed E-state index contributed by atoms with van der Waals surface area (Å²) in [5.41, 5.74) is 0. The van der Waals surface area contributed by atoms with Crippen molar-refractivity contribution in [2.24, 2.45) is 5.92 Å². The van der Waals surface area contributed by atoms with Crippen molar-refractivity contribution in [3.63, 3.8) is 0 Å². The Morgan fingerprint density at radius 2 is 2.24 bits per heavy atom. The number of carbonyl (C=O) groups is 1. The van der Waals surface area contributed by atoms with Gasteiger partial charge in [0.15, 0.2) is 0 Å². The Labute approximate surface area is 120 Å². The van der Waals surface area contributed by atoms with E-state index in [2.05, 4.69) is 26.6 Å². The normalized spacial score (nSPS) is 14.2. The highest BCUT2D eigenvalue weighted by atomic mass is 79.9. The maximum Gasteiger partial charge on any atom is 0.234 e. The molecule has 0 aliphatic heterocycles. The summed E-state index contributed by atoms with van der Waals surface area (Å²) in [7, 11) is 0. The standard InChI is InChI=1S/C11H15BrN2OS.ClH/c12-10-4-3-9(16-10)6-14-11(15)7-13-5-8-1-2-8;/h3-4,8,13H,1-2,5-7H2,(H,14,15);1H. The molecule has 2 N–H and O–H groups in total. The predicted molar refractivity (Wildman–Crippen MR) is 76.7 cm³/mol. The molecule has 1 fully saturated rings. The van der Waals surface area contributed by atoms with Gasteiger partial charge in [0.05, 0.1) is 16.9 Å². The highest BCUT2D eigenvalue weighted by molar-refractivity contribution is 9.11. The largest absolute Gasteiger partial charge is 0.350 e. The van der Waals surface area contributed by atoms with Gasteiger partial charge in [-0.1, -0.05) is 0 Å². The summed E-state index contributed by atoms with van der Waals surface area (Å²) in [6.07, 6.45) is 2.63. The van der Waals surface area contributed by atoms with Gasteiger partial charge in [0.25, 0.3) is 0 Å². The van der Waals surface area contributed by atoms with Crippen molar-refractivity contribution < 1.29 is 4.79 Å². The lowest BCUT2D eigenvalue weighted by Crippen LogP contribution is -2.34. The number of nitrogens with one attached hydrogen (secondary N) is 2. The number of hydrogen-bond acceptors (Lipinski definition) is 3. The molecule has 1 amide bonds. The van der Waals surface area contributed by atoms with Crippen LogP contribution in [0.1, 0.15) is 17.7 Å². The molecule has 1 aliphatic carbocycles. The van der Waals surface area contributed by atoms with Crippen LogP contribution in [0.4, 0.5) is 0 Å². The van der Waals surface area contributed by atoms with Gasteiger partial charge in [-0.25, -0.2) is 0 Å². The van der Waals surface area contributed by atoms with E-state index in [4.69, 9.17) is 0 Å². The van der Waals surface area contributed by atoms with E-state index in [-0.39, 0.29) is 18.3 Å². The molecule has 1 aromatic rings. The van der Waals surface area contributed by atoms with E-state index < -0.39 is 0 Å². The summed E-state index contributed by atoms with van der Waals surface area (Å²) < 4.78 is 1.10. The molecule has 0 aromatic carbocycles. The zero-order chi connectivity index (χ0) is 11.4. The Kier molecular flexibility index (Phi) is 6.48. The fraction of sp³-hybridized carbons (Fsp3) is 0.545. The first-order valence-electron chi connectivity index (χ1n) is 5.45. The lowest BCUT2D eigenvalue weighted by molar-refractivity contribution is -0.120. The minimum Gasteiger partial charge on any atom is -0.350 e. The van der Waals surface area contributed by atoms with E-state index in [1.807, 2.05) is 12.1 Å². The zero-order valence-electron chi connectivity index (χ0n) is 9.37. The predicted octanol–water partition coefficient (Wildman–Crippen LogP) is 2.55. The van der Waals surface area contributed by atoms with E-state index in [0.29, 0.717) is 13.1 Å². The average Bonchev–Trinajstić information content (AvgIpc) is 2.98. The van der Waals surface area contributed by atoms with Crippen molar-refractivity contribution in [3.05, 3.63) is 20.8 Å². The Balaban J connectivity index is 0.00000144. The molecule has 1 heterocycles. The molecule has 0 unspecified atom stereocenters. The third kappa shape index (κ3) is 5.86. The molecular formula is C11H16BrClN2OS. The van der Waals surface area contributed by atoms with Crippen molar-refractivity contribution in [1.29, 1.82) is 0 Å². The van der Waals surface area contributed by atoms with E-state index in [1.54, 1.807) is 11.3 Å². The smallest absolute Gasteiger partial charge is 0.234 e. The molecule has 96 valence electrons. The molecule has 3 nitrogen and oxygen atoms in total. The van der Waals surface area contributed by atoms with Crippen LogP contribution in [0.5, 0.6) is 0 Å². The lowest BCUT2D eigenvalue weighted by Gasteiger charge is -2.04. The summed E-state index contributed by atoms with van der Waals surface area (Å²) in [5, 5.41) is 6.07. The maximum atomic E-state index is 11.4. The molecule has 0 bridgehead atoms. The van der Waals surface area contributed by atoms with Gasteiger partial charge in [-0.2, -0.15) is 0 Å². The highest BCUT2D eigenvalue weighted by Crippen LogP contribution is 2.27. The molecule has 6 heteroatoms. The third-order valence-electron chi connectivity index (χ3n) is 2.50. The van der Waals surface area contributed by atoms with Crippen LogP contribution in [0.15, 0.2) is 15.9 Å². The van der Waals surface area contributed by atoms with Crippen molar-refractivity contribution in [1.82, 2.24) is 10.6 Å². The van der Waals surface area contributed by atoms with Crippen LogP contribution >= 0.6 is 39.7 Å². The van der Waals surface area contributed by atoms with Crippen LogP contribution in [0.3, 0.4) is 0 Å². The van der Waals surface area contributed by atoms with Crippen LogP contribution < -0.4 is 10.6 Å². The number of carbonyl (C=O) groups excluding carboxylic acids is 1. The Morgan fingerprint density at radius 1 is 1.47 bits per heavy atom. The highest BCUT2D eigenvalue weighted by Gasteiger charge is 2.20. The van der Waals surface area contributed by atoms with Gasteiger partial charge in [0.2, 0.25) is 5.91 Å². The second-order valence-corrected chi connectivity index (χ2v) is 6.60. The molecule has 0 radical (unpaired) electrons. The first-order valence-corrected chi connectivity index (χ1v) is 7.06. The van der Waals surface area contributed by atoms with Crippen LogP contribution in [0.25, 0.3) is 0 Å². The number of hydrogen-bond donors (Lipinski definition) is 2. The summed E-state index contributed by atoms with van der Waals surface area (Å²) in [6, 6.07) is 4.02. The van der Waals surface area contributed by atoms with E-state index in [9.17, 15) is 4.79 Å². The molecule has 1 aromatic heterocycles. The van der Waals surface area contributed by atoms with E-state index in [0.717, 1.165) is 16.2 Å². The van der Waals surface area contributed by atoms with Crippen LogP contribution in [0.2, 0.25) is 0 Å². The third-order valence-corrected chi connectivity index (χ3v) is 4.13. The van der Waals surface area contributed by atoms with Gasteiger partial charge in [-0.05, 0) is 53.4 Å². The Hall–Kier alpha value is -0.100. The number of amides is 1. The fourth-order valence-electron chi connectivity index (χ4n) is 1.41. The number of halogens is 2. The van der Waals surface area contributed by atoms with Crippen molar-refractivity contribution in [3.8, 4) is 0 Å². The monoisotopic (exact) mass is 338 g/mol. The number of thiophene rings is 1. The lowest BCUT2D eigenvalue weighted by atomic mass is 10.4. The average molecular weight is 340 g/mol. The fourth-order valence-corrected chi connectivity index (χ4v) is 2.83. The van der Waals surface area contributed by atoms with Gasteiger partial charge in [0.1, 0.15) is 0 Å².